The predicted molar refractivity (Wildman–Crippen MR) is 278 cm³/mol. The molecule has 0 aliphatic rings. The first-order chi connectivity index (χ1) is 31.5. The third-order valence-corrected chi connectivity index (χ3v) is 12.3. The largest absolute Gasteiger partial charge is 0.462 e. The number of carbonyl (C=O) groups is 2. The monoisotopic (exact) mass is 896 g/mol. The zero-order chi connectivity index (χ0) is 46.7. The van der Waals surface area contributed by atoms with Crippen molar-refractivity contribution in [2.75, 3.05) is 6.61 Å². The molecule has 0 aliphatic carbocycles. The van der Waals surface area contributed by atoms with Gasteiger partial charge < -0.3 is 20.3 Å². The lowest BCUT2D eigenvalue weighted by Gasteiger charge is -2.24. The third-order valence-electron chi connectivity index (χ3n) is 12.3. The van der Waals surface area contributed by atoms with Crippen LogP contribution in [0.4, 0.5) is 0 Å². The van der Waals surface area contributed by atoms with Crippen LogP contribution in [0.5, 0.6) is 0 Å². The van der Waals surface area contributed by atoms with Crippen molar-refractivity contribution in [2.45, 2.75) is 289 Å². The first-order valence-corrected chi connectivity index (χ1v) is 27.5. The molecule has 0 saturated carbocycles. The molecule has 0 aromatic rings. The van der Waals surface area contributed by atoms with Gasteiger partial charge in [0.15, 0.2) is 0 Å². The lowest BCUT2D eigenvalue weighted by atomic mass is 10.0. The molecule has 0 saturated heterocycles. The second kappa shape index (κ2) is 51.5. The Morgan fingerprint density at radius 2 is 0.844 bits per heavy atom. The summed E-state index contributed by atoms with van der Waals surface area (Å²) in [5, 5.41) is 23.8. The maximum absolute atomic E-state index is 13.2. The number of ether oxygens (including phenoxy) is 1. The van der Waals surface area contributed by atoms with Crippen molar-refractivity contribution in [2.24, 2.45) is 0 Å². The van der Waals surface area contributed by atoms with Crippen LogP contribution in [0.3, 0.4) is 0 Å². The highest BCUT2D eigenvalue weighted by Gasteiger charge is 2.24. The Morgan fingerprint density at radius 1 is 0.469 bits per heavy atom. The van der Waals surface area contributed by atoms with E-state index in [0.717, 1.165) is 103 Å². The Hall–Kier alpha value is -2.44. The molecular formula is C58H105NO5. The summed E-state index contributed by atoms with van der Waals surface area (Å²) in [6.07, 6.45) is 64.2. The second-order valence-electron chi connectivity index (χ2n) is 18.6. The maximum Gasteiger partial charge on any atom is 0.306 e. The minimum absolute atomic E-state index is 0.0537. The van der Waals surface area contributed by atoms with Gasteiger partial charge in [-0.25, -0.2) is 0 Å². The summed E-state index contributed by atoms with van der Waals surface area (Å²) in [4.78, 5) is 26.2. The van der Waals surface area contributed by atoms with E-state index in [2.05, 4.69) is 86.8 Å². The van der Waals surface area contributed by atoms with Gasteiger partial charge in [0, 0.05) is 6.42 Å². The van der Waals surface area contributed by atoms with Crippen LogP contribution in [-0.4, -0.2) is 46.9 Å². The zero-order valence-electron chi connectivity index (χ0n) is 42.4. The Bertz CT molecular complexity index is 1140. The number of hydrogen-bond donors (Lipinski definition) is 3. The highest BCUT2D eigenvalue weighted by atomic mass is 16.5. The number of nitrogens with one attached hydrogen (secondary N) is 1. The van der Waals surface area contributed by atoms with E-state index in [0.29, 0.717) is 19.3 Å². The summed E-state index contributed by atoms with van der Waals surface area (Å²) < 4.78 is 5.93. The summed E-state index contributed by atoms with van der Waals surface area (Å²) >= 11 is 0. The van der Waals surface area contributed by atoms with E-state index in [4.69, 9.17) is 4.74 Å². The molecule has 0 fully saturated rings. The van der Waals surface area contributed by atoms with E-state index in [1.165, 1.54) is 122 Å². The van der Waals surface area contributed by atoms with Gasteiger partial charge in [0.05, 0.1) is 25.2 Å². The van der Waals surface area contributed by atoms with Crippen molar-refractivity contribution < 1.29 is 24.5 Å². The van der Waals surface area contributed by atoms with E-state index in [1.54, 1.807) is 0 Å². The van der Waals surface area contributed by atoms with E-state index < -0.39 is 18.2 Å². The van der Waals surface area contributed by atoms with E-state index in [-0.39, 0.29) is 24.9 Å². The minimum atomic E-state index is -0.798. The quantitative estimate of drug-likeness (QED) is 0.0321. The normalized spacial score (nSPS) is 13.6. The molecule has 6 heteroatoms. The van der Waals surface area contributed by atoms with Crippen molar-refractivity contribution in [1.82, 2.24) is 5.32 Å². The summed E-state index contributed by atoms with van der Waals surface area (Å²) in [7, 11) is 0. The SMILES string of the molecule is CC/C=C/C/C=C/C/C=C/C/C=C/CCCCCC(=O)OC(CCCCC/C=C/CCCCCCCCCCC)CC(=O)NC(CO)C(O)CCCCCCCCCCCCCCC. The molecule has 0 radical (unpaired) electrons. The van der Waals surface area contributed by atoms with Crippen molar-refractivity contribution >= 4 is 11.9 Å². The van der Waals surface area contributed by atoms with Gasteiger partial charge in [-0.2, -0.15) is 0 Å². The lowest BCUT2D eigenvalue weighted by molar-refractivity contribution is -0.151. The molecule has 1 amide bonds. The predicted octanol–water partition coefficient (Wildman–Crippen LogP) is 16.8. The number of allylic oxidation sites excluding steroid dienone is 10. The zero-order valence-corrected chi connectivity index (χ0v) is 42.4. The number of aliphatic hydroxyl groups is 2. The molecule has 0 bridgehead atoms. The molecule has 64 heavy (non-hydrogen) atoms. The molecular weight excluding hydrogens is 791 g/mol. The number of aliphatic hydroxyl groups excluding tert-OH is 2. The summed E-state index contributed by atoms with van der Waals surface area (Å²) in [6, 6.07) is -0.714. The Kier molecular flexibility index (Phi) is 49.6. The topological polar surface area (TPSA) is 95.9 Å². The van der Waals surface area contributed by atoms with E-state index in [1.807, 2.05) is 0 Å². The molecule has 0 rings (SSSR count). The van der Waals surface area contributed by atoms with E-state index >= 15 is 0 Å². The van der Waals surface area contributed by atoms with Gasteiger partial charge in [-0.3, -0.25) is 9.59 Å². The van der Waals surface area contributed by atoms with E-state index in [9.17, 15) is 19.8 Å². The van der Waals surface area contributed by atoms with Gasteiger partial charge in [0.25, 0.3) is 0 Å². The third kappa shape index (κ3) is 46.1. The number of unbranched alkanes of at least 4 members (excludes halogenated alkanes) is 27. The average molecular weight is 896 g/mol. The van der Waals surface area contributed by atoms with Crippen molar-refractivity contribution in [3.8, 4) is 0 Å². The van der Waals surface area contributed by atoms with Gasteiger partial charge in [-0.05, 0) is 89.9 Å². The lowest BCUT2D eigenvalue weighted by Crippen LogP contribution is -2.46. The highest BCUT2D eigenvalue weighted by molar-refractivity contribution is 5.77. The second-order valence-corrected chi connectivity index (χ2v) is 18.6. The number of carbonyl (C=O) groups excluding carboxylic acids is 2. The van der Waals surface area contributed by atoms with Gasteiger partial charge >= 0.3 is 5.97 Å². The summed E-state index contributed by atoms with van der Waals surface area (Å²) in [6.45, 7) is 6.37. The fourth-order valence-corrected chi connectivity index (χ4v) is 8.18. The summed E-state index contributed by atoms with van der Waals surface area (Å²) in [5.74, 6) is -0.520. The Labute approximate surface area is 397 Å². The minimum Gasteiger partial charge on any atom is -0.462 e. The molecule has 3 unspecified atom stereocenters. The van der Waals surface area contributed by atoms with Crippen LogP contribution in [0.1, 0.15) is 271 Å². The molecule has 3 N–H and O–H groups in total. The fourth-order valence-electron chi connectivity index (χ4n) is 8.18. The first kappa shape index (κ1) is 61.6. The molecule has 6 nitrogen and oxygen atoms in total. The molecule has 0 spiro atoms. The number of esters is 1. The number of hydrogen-bond acceptors (Lipinski definition) is 5. The standard InChI is InChI=1S/C58H105NO5/c1-4-7-10-13-16-19-22-25-27-29-32-34-37-40-43-46-49-54(64-58(63)51-48-45-42-39-36-33-30-28-26-23-20-17-14-11-8-5-2)52-57(62)59-55(53-60)56(61)50-47-44-41-38-35-31-24-21-18-15-12-9-6-3/h8,11,17,20,26,28,32-34,36,54-56,60-61H,4-7,9-10,12-16,18-19,21-25,27,29-31,35,37-53H2,1-3H3,(H,59,62)/b11-8+,20-17+,28-26+,34-32+,36-33+. The van der Waals surface area contributed by atoms with Crippen LogP contribution in [0, 0.1) is 0 Å². The Balaban J connectivity index is 4.65. The molecule has 0 aromatic heterocycles. The molecule has 3 atom stereocenters. The summed E-state index contributed by atoms with van der Waals surface area (Å²) in [5.41, 5.74) is 0. The van der Waals surface area contributed by atoms with Gasteiger partial charge in [0.2, 0.25) is 5.91 Å². The molecule has 372 valence electrons. The first-order valence-electron chi connectivity index (χ1n) is 27.5. The fraction of sp³-hybridized carbons (Fsp3) is 0.793. The maximum atomic E-state index is 13.2. The number of amides is 1. The van der Waals surface area contributed by atoms with Crippen LogP contribution < -0.4 is 5.32 Å². The Morgan fingerprint density at radius 3 is 1.31 bits per heavy atom. The smallest absolute Gasteiger partial charge is 0.306 e. The van der Waals surface area contributed by atoms with Crippen molar-refractivity contribution in [3.05, 3.63) is 60.8 Å². The van der Waals surface area contributed by atoms with Crippen molar-refractivity contribution in [3.63, 3.8) is 0 Å². The molecule has 0 aromatic carbocycles. The van der Waals surface area contributed by atoms with Gasteiger partial charge in [-0.15, -0.1) is 0 Å². The van der Waals surface area contributed by atoms with Crippen LogP contribution >= 0.6 is 0 Å². The van der Waals surface area contributed by atoms with Crippen LogP contribution in [-0.2, 0) is 14.3 Å². The average Bonchev–Trinajstić information content (AvgIpc) is 3.29. The number of rotatable bonds is 49. The van der Waals surface area contributed by atoms with Gasteiger partial charge in [-0.1, -0.05) is 229 Å². The highest BCUT2D eigenvalue weighted by Crippen LogP contribution is 2.17. The van der Waals surface area contributed by atoms with Gasteiger partial charge in [0.1, 0.15) is 6.10 Å². The molecule has 0 aliphatic heterocycles. The molecule has 0 heterocycles. The van der Waals surface area contributed by atoms with Crippen LogP contribution in [0.25, 0.3) is 0 Å². The van der Waals surface area contributed by atoms with Crippen LogP contribution in [0.15, 0.2) is 60.8 Å². The van der Waals surface area contributed by atoms with Crippen molar-refractivity contribution in [1.29, 1.82) is 0 Å². The van der Waals surface area contributed by atoms with Crippen LogP contribution in [0.2, 0.25) is 0 Å².